The van der Waals surface area contributed by atoms with Crippen LogP contribution < -0.4 is 0 Å². The zero-order valence-electron chi connectivity index (χ0n) is 34.2. The second-order valence-electron chi connectivity index (χ2n) is 20.1. The second kappa shape index (κ2) is 15.2. The van der Waals surface area contributed by atoms with E-state index >= 15 is 0 Å². The van der Waals surface area contributed by atoms with Crippen molar-refractivity contribution in [2.45, 2.75) is 167 Å². The zero-order chi connectivity index (χ0) is 41.8. The van der Waals surface area contributed by atoms with Crippen molar-refractivity contribution in [3.8, 4) is 0 Å². The van der Waals surface area contributed by atoms with Gasteiger partial charge in [0.05, 0.1) is 37.4 Å². The first-order valence-corrected chi connectivity index (χ1v) is 21.2. The molecule has 22 unspecified atom stereocenters. The maximum absolute atomic E-state index is 14.8. The fourth-order valence-corrected chi connectivity index (χ4v) is 13.8. The molecule has 5 aliphatic carbocycles. The van der Waals surface area contributed by atoms with Gasteiger partial charge in [-0.1, -0.05) is 53.2 Å². The lowest BCUT2D eigenvalue weighted by Gasteiger charge is -2.71. The number of carbonyl (C=O) groups is 1. The molecule has 0 spiro atoms. The molecule has 6 fully saturated rings. The average molecular weight is 813 g/mol. The summed E-state index contributed by atoms with van der Waals surface area (Å²) < 4.78 is 23.0. The first-order chi connectivity index (χ1) is 26.7. The Labute approximate surface area is 335 Å². The van der Waals surface area contributed by atoms with E-state index in [0.29, 0.717) is 31.6 Å². The van der Waals surface area contributed by atoms with Crippen LogP contribution in [-0.4, -0.2) is 150 Å². The van der Waals surface area contributed by atoms with Gasteiger partial charge in [0.15, 0.2) is 6.29 Å². The normalized spacial score (nSPS) is 56.4. The Morgan fingerprint density at radius 3 is 2.05 bits per heavy atom. The van der Waals surface area contributed by atoms with Crippen molar-refractivity contribution in [1.29, 1.82) is 0 Å². The maximum Gasteiger partial charge on any atom is 0.315 e. The molecular formula is C42H68O15. The fraction of sp³-hybridized carbons (Fsp3) is 0.929. The third-order valence-corrected chi connectivity index (χ3v) is 17.7. The molecule has 15 nitrogen and oxygen atoms in total. The fourth-order valence-electron chi connectivity index (χ4n) is 13.8. The van der Waals surface area contributed by atoms with Crippen molar-refractivity contribution in [2.24, 2.45) is 56.7 Å². The van der Waals surface area contributed by atoms with E-state index in [4.69, 9.17) is 18.9 Å². The van der Waals surface area contributed by atoms with Gasteiger partial charge in [-0.15, -0.1) is 0 Å². The summed E-state index contributed by atoms with van der Waals surface area (Å²) in [4.78, 5) is 14.8. The summed E-state index contributed by atoms with van der Waals surface area (Å²) in [6.07, 6.45) is -10.4. The quantitative estimate of drug-likeness (QED) is 0.121. The molecule has 57 heavy (non-hydrogen) atoms. The Balaban J connectivity index is 1.14. The zero-order valence-corrected chi connectivity index (χ0v) is 34.2. The lowest BCUT2D eigenvalue weighted by Crippen LogP contribution is -2.68. The van der Waals surface area contributed by atoms with E-state index < -0.39 is 104 Å². The van der Waals surface area contributed by atoms with Gasteiger partial charge in [-0.25, -0.2) is 0 Å². The minimum atomic E-state index is -1.80. The molecular weight excluding hydrogens is 744 g/mol. The van der Waals surface area contributed by atoms with E-state index in [1.54, 1.807) is 0 Å². The van der Waals surface area contributed by atoms with Crippen LogP contribution in [0.5, 0.6) is 0 Å². The van der Waals surface area contributed by atoms with E-state index in [9.17, 15) is 55.9 Å². The molecule has 7 aliphatic rings. The summed E-state index contributed by atoms with van der Waals surface area (Å²) >= 11 is 0. The monoisotopic (exact) mass is 812 g/mol. The van der Waals surface area contributed by atoms with E-state index in [1.807, 2.05) is 6.92 Å². The van der Waals surface area contributed by atoms with E-state index in [-0.39, 0.29) is 46.5 Å². The van der Waals surface area contributed by atoms with E-state index in [0.717, 1.165) is 25.7 Å². The number of fused-ring (bicyclic) bond motifs is 7. The van der Waals surface area contributed by atoms with Gasteiger partial charge in [0.25, 0.3) is 0 Å². The number of ether oxygens (including phenoxy) is 4. The van der Waals surface area contributed by atoms with Crippen LogP contribution >= 0.6 is 0 Å². The molecule has 0 radical (unpaired) electrons. The first kappa shape index (κ1) is 43.8. The highest BCUT2D eigenvalue weighted by molar-refractivity contribution is 5.79. The van der Waals surface area contributed by atoms with Crippen molar-refractivity contribution in [1.82, 2.24) is 0 Å². The Hall–Kier alpha value is -1.31. The van der Waals surface area contributed by atoms with Gasteiger partial charge in [0.2, 0.25) is 6.29 Å². The number of hydrogen-bond donors (Lipinski definition) is 10. The van der Waals surface area contributed by atoms with Crippen LogP contribution in [0.4, 0.5) is 0 Å². The van der Waals surface area contributed by atoms with E-state index in [1.165, 1.54) is 5.57 Å². The molecule has 0 aromatic heterocycles. The van der Waals surface area contributed by atoms with Crippen LogP contribution in [0.3, 0.4) is 0 Å². The molecule has 4 saturated carbocycles. The number of esters is 1. The number of aliphatic hydroxyl groups excluding tert-OH is 10. The standard InChI is InChI=1S/C42H68O15/c1-19-9-12-42(37(53)57-36-33(51)31(49)29(47)24(56-36)17-54-35-32(50)30(48)28(46)23(16-43)55-35)14-13-40(5)21(27(42)20(19)2)7-8-26-38(3)15-22(45)34(52)39(4,18-44)25(38)10-11-41(26,40)6/h7,19-20,22-36,43-52H,8-18H2,1-6H3. The summed E-state index contributed by atoms with van der Waals surface area (Å²) in [7, 11) is 0. The smallest absolute Gasteiger partial charge is 0.315 e. The third-order valence-electron chi connectivity index (χ3n) is 17.7. The average Bonchev–Trinajstić information content (AvgIpc) is 3.18. The Morgan fingerprint density at radius 1 is 0.772 bits per heavy atom. The van der Waals surface area contributed by atoms with Gasteiger partial charge in [-0.2, -0.15) is 0 Å². The molecule has 2 heterocycles. The van der Waals surface area contributed by atoms with Gasteiger partial charge in [0.1, 0.15) is 48.8 Å². The molecule has 2 saturated heterocycles. The summed E-state index contributed by atoms with van der Waals surface area (Å²) in [6.45, 7) is 11.8. The summed E-state index contributed by atoms with van der Waals surface area (Å²) in [5.74, 6) is -0.186. The highest BCUT2D eigenvalue weighted by atomic mass is 16.7. The van der Waals surface area contributed by atoms with Crippen LogP contribution in [0.25, 0.3) is 0 Å². The van der Waals surface area contributed by atoms with Gasteiger partial charge in [0, 0.05) is 5.41 Å². The molecule has 0 aromatic carbocycles. The van der Waals surface area contributed by atoms with Gasteiger partial charge < -0.3 is 70.0 Å². The molecule has 0 bridgehead atoms. The van der Waals surface area contributed by atoms with Crippen molar-refractivity contribution in [2.75, 3.05) is 19.8 Å². The van der Waals surface area contributed by atoms with Crippen LogP contribution in [0.1, 0.15) is 92.9 Å². The Morgan fingerprint density at radius 2 is 1.40 bits per heavy atom. The van der Waals surface area contributed by atoms with Gasteiger partial charge >= 0.3 is 5.97 Å². The predicted octanol–water partition coefficient (Wildman–Crippen LogP) is 0.115. The molecule has 0 amide bonds. The maximum atomic E-state index is 14.8. The summed E-state index contributed by atoms with van der Waals surface area (Å²) in [5.41, 5.74) is -1.44. The highest BCUT2D eigenvalue weighted by Crippen LogP contribution is 2.76. The minimum absolute atomic E-state index is 0.0125. The first-order valence-electron chi connectivity index (χ1n) is 21.2. The van der Waals surface area contributed by atoms with Crippen LogP contribution in [0, 0.1) is 56.7 Å². The Kier molecular flexibility index (Phi) is 11.7. The Bertz CT molecular complexity index is 1530. The van der Waals surface area contributed by atoms with Crippen molar-refractivity contribution in [3.05, 3.63) is 11.6 Å². The number of carbonyl (C=O) groups excluding carboxylic acids is 1. The van der Waals surface area contributed by atoms with Crippen molar-refractivity contribution < 1.29 is 74.8 Å². The molecule has 2 aliphatic heterocycles. The van der Waals surface area contributed by atoms with Crippen LogP contribution in [0.15, 0.2) is 11.6 Å². The number of hydrogen-bond acceptors (Lipinski definition) is 15. The highest BCUT2D eigenvalue weighted by Gasteiger charge is 2.71. The van der Waals surface area contributed by atoms with Gasteiger partial charge in [-0.3, -0.25) is 4.79 Å². The van der Waals surface area contributed by atoms with E-state index in [2.05, 4.69) is 40.7 Å². The summed E-state index contributed by atoms with van der Waals surface area (Å²) in [6, 6.07) is 0. The number of aliphatic hydroxyl groups is 10. The van der Waals surface area contributed by atoms with Crippen molar-refractivity contribution >= 4 is 5.97 Å². The number of allylic oxidation sites excluding steroid dienone is 2. The topological polar surface area (TPSA) is 256 Å². The molecule has 326 valence electrons. The third kappa shape index (κ3) is 6.35. The summed E-state index contributed by atoms with van der Waals surface area (Å²) in [5, 5.41) is 106. The SMILES string of the molecule is CC1CCC2(C(=O)OC3OC(COC4OC(CO)C(O)C(O)C4O)C(O)C(O)C3O)CCC3(C)C(=CCC4C5(C)CC(O)C(O)C(C)(CO)C5CCC43C)C2C1C. The molecule has 10 N–H and O–H groups in total. The van der Waals surface area contributed by atoms with Crippen molar-refractivity contribution in [3.63, 3.8) is 0 Å². The largest absolute Gasteiger partial charge is 0.432 e. The molecule has 22 atom stereocenters. The lowest BCUT2D eigenvalue weighted by molar-refractivity contribution is -0.328. The number of rotatable bonds is 7. The van der Waals surface area contributed by atoms with Crippen LogP contribution in [-0.2, 0) is 23.7 Å². The molecule has 15 heteroatoms. The van der Waals surface area contributed by atoms with Gasteiger partial charge in [-0.05, 0) is 97.2 Å². The molecule has 0 aromatic rings. The minimum Gasteiger partial charge on any atom is -0.432 e. The van der Waals surface area contributed by atoms with Crippen LogP contribution in [0.2, 0.25) is 0 Å². The second-order valence-corrected chi connectivity index (χ2v) is 20.1. The predicted molar refractivity (Wildman–Crippen MR) is 200 cm³/mol. The lowest BCUT2D eigenvalue weighted by atomic mass is 9.33. The molecule has 7 rings (SSSR count).